The predicted octanol–water partition coefficient (Wildman–Crippen LogP) is 5.33. The number of hydrogen-bond acceptors (Lipinski definition) is 10. The summed E-state index contributed by atoms with van der Waals surface area (Å²) in [4.78, 5) is 58.2. The molecule has 46 heavy (non-hydrogen) atoms. The maximum atomic E-state index is 13.0. The van der Waals surface area contributed by atoms with E-state index < -0.39 is 35.3 Å². The Kier molecular flexibility index (Phi) is 9.88. The number of carbonyl (C=O) groups is 4. The number of alkyl carbamates (subject to hydrolysis) is 1. The smallest absolute Gasteiger partial charge is 0.435 e. The molecule has 3 aromatic rings. The van der Waals surface area contributed by atoms with Gasteiger partial charge in [0.2, 0.25) is 5.88 Å². The maximum Gasteiger partial charge on any atom is 0.435 e. The molecule has 3 N–H and O–H groups in total. The molecule has 1 aliphatic heterocycles. The lowest BCUT2D eigenvalue weighted by atomic mass is 10.1. The van der Waals surface area contributed by atoms with Crippen molar-refractivity contribution in [3.05, 3.63) is 47.0 Å². The van der Waals surface area contributed by atoms with Gasteiger partial charge in [-0.05, 0) is 86.1 Å². The summed E-state index contributed by atoms with van der Waals surface area (Å²) in [7, 11) is 0. The molecule has 3 aromatic heterocycles. The van der Waals surface area contributed by atoms with Gasteiger partial charge < -0.3 is 34.6 Å². The summed E-state index contributed by atoms with van der Waals surface area (Å²) in [6.45, 7) is 14.7. The van der Waals surface area contributed by atoms with E-state index in [9.17, 15) is 19.2 Å². The van der Waals surface area contributed by atoms with Crippen molar-refractivity contribution in [2.75, 3.05) is 25.1 Å². The van der Waals surface area contributed by atoms with Crippen LogP contribution in [0.1, 0.15) is 82.3 Å². The highest BCUT2D eigenvalue weighted by Crippen LogP contribution is 2.36. The molecule has 0 aliphatic carbocycles. The second-order valence-electron chi connectivity index (χ2n) is 12.5. The van der Waals surface area contributed by atoms with E-state index in [0.29, 0.717) is 46.0 Å². The first-order valence-corrected chi connectivity index (χ1v) is 14.9. The van der Waals surface area contributed by atoms with Gasteiger partial charge in [0.25, 0.3) is 5.91 Å². The lowest BCUT2D eigenvalue weighted by Crippen LogP contribution is -2.33. The monoisotopic (exact) mass is 636 g/mol. The van der Waals surface area contributed by atoms with Crippen molar-refractivity contribution in [3.63, 3.8) is 0 Å². The number of nitrogens with zero attached hydrogens (tertiary/aromatic N) is 3. The molecular formula is C32H40N6O8. The van der Waals surface area contributed by atoms with Crippen molar-refractivity contribution in [2.24, 2.45) is 0 Å². The number of amides is 2. The van der Waals surface area contributed by atoms with Gasteiger partial charge in [-0.25, -0.2) is 19.4 Å². The van der Waals surface area contributed by atoms with Crippen LogP contribution < -0.4 is 15.4 Å². The fourth-order valence-electron chi connectivity index (χ4n) is 4.38. The second kappa shape index (κ2) is 13.5. The highest BCUT2D eigenvalue weighted by molar-refractivity contribution is 6.34. The number of fused-ring (bicyclic) bond motifs is 1. The van der Waals surface area contributed by atoms with Crippen LogP contribution in [-0.2, 0) is 19.0 Å². The molecule has 0 aromatic carbocycles. The lowest BCUT2D eigenvalue weighted by Gasteiger charge is -2.19. The average Bonchev–Trinajstić information content (AvgIpc) is 3.61. The van der Waals surface area contributed by atoms with E-state index in [1.165, 1.54) is 6.20 Å². The van der Waals surface area contributed by atoms with Crippen molar-refractivity contribution < 1.29 is 38.1 Å². The maximum absolute atomic E-state index is 13.0. The molecule has 4 heterocycles. The molecule has 2 amide bonds. The summed E-state index contributed by atoms with van der Waals surface area (Å²) in [5, 5.41) is 9.77. The van der Waals surface area contributed by atoms with Crippen molar-refractivity contribution in [1.29, 1.82) is 0 Å². The van der Waals surface area contributed by atoms with E-state index in [0.717, 1.165) is 4.68 Å². The van der Waals surface area contributed by atoms with Crippen molar-refractivity contribution in [3.8, 4) is 17.1 Å². The van der Waals surface area contributed by atoms with Crippen LogP contribution in [0.4, 0.5) is 15.3 Å². The third kappa shape index (κ3) is 8.52. The first-order valence-electron chi connectivity index (χ1n) is 14.9. The minimum Gasteiger partial charge on any atom is -0.476 e. The fourth-order valence-corrected chi connectivity index (χ4v) is 4.38. The third-order valence-corrected chi connectivity index (χ3v) is 6.18. The normalized spacial score (nSPS) is 13.7. The summed E-state index contributed by atoms with van der Waals surface area (Å²) in [6, 6.07) is 5.00. The molecule has 0 saturated heterocycles. The summed E-state index contributed by atoms with van der Waals surface area (Å²) >= 11 is 0. The Labute approximate surface area is 266 Å². The zero-order valence-electron chi connectivity index (χ0n) is 27.3. The number of aromatic amines is 1. The Morgan fingerprint density at radius 3 is 2.46 bits per heavy atom. The zero-order valence-corrected chi connectivity index (χ0v) is 27.3. The van der Waals surface area contributed by atoms with E-state index in [1.807, 2.05) is 0 Å². The van der Waals surface area contributed by atoms with E-state index in [-0.39, 0.29) is 31.2 Å². The van der Waals surface area contributed by atoms with Gasteiger partial charge >= 0.3 is 18.2 Å². The Balaban J connectivity index is 1.63. The largest absolute Gasteiger partial charge is 0.476 e. The molecule has 14 nitrogen and oxygen atoms in total. The molecular weight excluding hydrogens is 596 g/mol. The van der Waals surface area contributed by atoms with Crippen LogP contribution in [0, 0.1) is 6.92 Å². The molecule has 0 bridgehead atoms. The van der Waals surface area contributed by atoms with Crippen molar-refractivity contribution >= 4 is 41.4 Å². The number of pyridine rings is 1. The summed E-state index contributed by atoms with van der Waals surface area (Å²) < 4.78 is 22.9. The second-order valence-corrected chi connectivity index (χ2v) is 12.5. The van der Waals surface area contributed by atoms with Crippen LogP contribution in [0.15, 0.2) is 24.4 Å². The first kappa shape index (κ1) is 33.7. The minimum atomic E-state index is -0.770. The quantitative estimate of drug-likeness (QED) is 0.120. The molecule has 0 fully saturated rings. The van der Waals surface area contributed by atoms with E-state index in [2.05, 4.69) is 20.7 Å². The SMILES string of the molecule is CCOC(=O)c1cc(C)[nH]c1/C=C1\C(=O)Nc2ccc(-c3cn(C(=O)OC(C)(C)C)nc3OCCCNC(=O)OC(C)(C)C)nc21. The number of aromatic nitrogens is 4. The number of esters is 1. The molecule has 0 atom stereocenters. The zero-order chi connectivity index (χ0) is 33.8. The summed E-state index contributed by atoms with van der Waals surface area (Å²) in [6.07, 6.45) is 2.15. The number of rotatable bonds is 9. The molecule has 0 spiro atoms. The van der Waals surface area contributed by atoms with Gasteiger partial charge in [0.15, 0.2) is 0 Å². The molecule has 0 saturated carbocycles. The van der Waals surface area contributed by atoms with Crippen LogP contribution in [0.5, 0.6) is 5.88 Å². The van der Waals surface area contributed by atoms with Gasteiger partial charge in [0.1, 0.15) is 16.9 Å². The minimum absolute atomic E-state index is 0.1000. The molecule has 0 unspecified atom stereocenters. The van der Waals surface area contributed by atoms with Crippen LogP contribution >= 0.6 is 0 Å². The molecule has 0 radical (unpaired) electrons. The van der Waals surface area contributed by atoms with Crippen LogP contribution in [0.2, 0.25) is 0 Å². The van der Waals surface area contributed by atoms with E-state index in [1.54, 1.807) is 79.7 Å². The number of ether oxygens (including phenoxy) is 4. The first-order chi connectivity index (χ1) is 21.5. The number of anilines is 1. The topological polar surface area (TPSA) is 176 Å². The van der Waals surface area contributed by atoms with Gasteiger partial charge in [-0.3, -0.25) is 4.79 Å². The van der Waals surface area contributed by atoms with E-state index in [4.69, 9.17) is 23.9 Å². The highest BCUT2D eigenvalue weighted by Gasteiger charge is 2.29. The number of H-pyrrole nitrogens is 1. The Morgan fingerprint density at radius 2 is 1.78 bits per heavy atom. The van der Waals surface area contributed by atoms with Crippen LogP contribution in [0.3, 0.4) is 0 Å². The van der Waals surface area contributed by atoms with Gasteiger partial charge in [0, 0.05) is 12.2 Å². The standard InChI is InChI=1S/C32H40N6O8/c1-9-43-28(40)19-15-18(2)34-24(19)16-20-25-23(36-26(20)39)12-11-22(35-25)21-17-38(30(42)46-32(6,7)8)37-27(21)44-14-10-13-33-29(41)45-31(3,4)5/h11-12,15-17,34H,9-10,13-14H2,1-8H3,(H,33,41)(H,36,39)/b20-16-. The lowest BCUT2D eigenvalue weighted by molar-refractivity contribution is -0.110. The highest BCUT2D eigenvalue weighted by atomic mass is 16.6. The van der Waals surface area contributed by atoms with Gasteiger partial charge in [-0.2, -0.15) is 4.68 Å². The molecule has 4 rings (SSSR count). The van der Waals surface area contributed by atoms with Crippen LogP contribution in [0.25, 0.3) is 22.9 Å². The number of carbonyl (C=O) groups excluding carboxylic acids is 4. The van der Waals surface area contributed by atoms with Gasteiger partial charge in [-0.15, -0.1) is 5.10 Å². The van der Waals surface area contributed by atoms with Crippen molar-refractivity contribution in [1.82, 2.24) is 25.1 Å². The van der Waals surface area contributed by atoms with E-state index >= 15 is 0 Å². The summed E-state index contributed by atoms with van der Waals surface area (Å²) in [5.41, 5.74) is 1.79. The van der Waals surface area contributed by atoms with Gasteiger partial charge in [-0.1, -0.05) is 0 Å². The Hall–Kier alpha value is -5.14. The Morgan fingerprint density at radius 1 is 1.07 bits per heavy atom. The number of nitrogens with one attached hydrogen (secondary N) is 3. The predicted molar refractivity (Wildman–Crippen MR) is 169 cm³/mol. The summed E-state index contributed by atoms with van der Waals surface area (Å²) in [5.74, 6) is -0.820. The molecule has 1 aliphatic rings. The fraction of sp³-hybridized carbons (Fsp3) is 0.438. The molecule has 14 heteroatoms. The third-order valence-electron chi connectivity index (χ3n) is 6.18. The Bertz CT molecular complexity index is 1670. The average molecular weight is 637 g/mol. The number of aryl methyl sites for hydroxylation is 1. The van der Waals surface area contributed by atoms with Crippen molar-refractivity contribution in [2.45, 2.75) is 73.0 Å². The number of hydrogen-bond donors (Lipinski definition) is 3. The van der Waals surface area contributed by atoms with Crippen LogP contribution in [-0.4, -0.2) is 74.8 Å². The molecule has 246 valence electrons. The van der Waals surface area contributed by atoms with Gasteiger partial charge in [0.05, 0.1) is 53.2 Å².